The quantitative estimate of drug-likeness (QED) is 0.434. The van der Waals surface area contributed by atoms with Gasteiger partial charge < -0.3 is 14.8 Å². The van der Waals surface area contributed by atoms with Crippen LogP contribution in [0.15, 0.2) is 40.6 Å². The highest BCUT2D eigenvalue weighted by atomic mass is 32.2. The first-order chi connectivity index (χ1) is 13.0. The summed E-state index contributed by atoms with van der Waals surface area (Å²) < 4.78 is 36.9. The molecule has 0 spiro atoms. The molecule has 0 saturated heterocycles. The van der Waals surface area contributed by atoms with Crippen molar-refractivity contribution in [2.75, 3.05) is 23.7 Å². The molecule has 1 aromatic heterocycles. The second-order valence-electron chi connectivity index (χ2n) is 5.80. The first-order valence-corrected chi connectivity index (χ1v) is 11.0. The van der Waals surface area contributed by atoms with Crippen LogP contribution in [0.25, 0.3) is 0 Å². The fraction of sp³-hybridized carbons (Fsp3) is 0.389. The van der Waals surface area contributed by atoms with Crippen molar-refractivity contribution in [3.63, 3.8) is 0 Å². The van der Waals surface area contributed by atoms with Gasteiger partial charge in [-0.1, -0.05) is 26.2 Å². The normalized spacial score (nSPS) is 11.0. The lowest BCUT2D eigenvalue weighted by Gasteiger charge is -2.10. The highest BCUT2D eigenvalue weighted by molar-refractivity contribution is 7.93. The molecule has 0 atom stereocenters. The van der Waals surface area contributed by atoms with Gasteiger partial charge in [-0.2, -0.15) is 0 Å². The molecule has 148 valence electrons. The van der Waals surface area contributed by atoms with Gasteiger partial charge in [-0.3, -0.25) is 4.72 Å². The SMILES string of the molecule is CCCCCCNc1ccc(NS(=O)(=O)c2ccsc2OC(=O)OC)cc1. The largest absolute Gasteiger partial charge is 0.514 e. The molecule has 7 nitrogen and oxygen atoms in total. The molecule has 27 heavy (non-hydrogen) atoms. The summed E-state index contributed by atoms with van der Waals surface area (Å²) in [6, 6.07) is 8.37. The number of benzene rings is 1. The Kier molecular flexibility index (Phi) is 7.93. The molecular weight excluding hydrogens is 388 g/mol. The average Bonchev–Trinajstić information content (AvgIpc) is 3.11. The molecule has 1 aromatic carbocycles. The van der Waals surface area contributed by atoms with E-state index in [4.69, 9.17) is 4.74 Å². The minimum Gasteiger partial charge on any atom is -0.437 e. The van der Waals surface area contributed by atoms with Gasteiger partial charge >= 0.3 is 6.16 Å². The molecule has 0 aliphatic carbocycles. The third-order valence-corrected chi connectivity index (χ3v) is 6.05. The first-order valence-electron chi connectivity index (χ1n) is 8.66. The minimum absolute atomic E-state index is 0.0419. The zero-order valence-electron chi connectivity index (χ0n) is 15.4. The van der Waals surface area contributed by atoms with Crippen molar-refractivity contribution in [3.05, 3.63) is 35.7 Å². The number of carbonyl (C=O) groups is 1. The maximum absolute atomic E-state index is 12.6. The van der Waals surface area contributed by atoms with Crippen molar-refractivity contribution in [1.82, 2.24) is 0 Å². The molecule has 0 radical (unpaired) electrons. The smallest absolute Gasteiger partial charge is 0.437 e. The lowest BCUT2D eigenvalue weighted by molar-refractivity contribution is 0.122. The molecule has 0 unspecified atom stereocenters. The van der Waals surface area contributed by atoms with E-state index in [0.29, 0.717) is 5.69 Å². The Labute approximate surface area is 163 Å². The lowest BCUT2D eigenvalue weighted by atomic mass is 10.2. The van der Waals surface area contributed by atoms with Crippen LogP contribution in [0.4, 0.5) is 16.2 Å². The van der Waals surface area contributed by atoms with Crippen LogP contribution >= 0.6 is 11.3 Å². The number of unbranched alkanes of at least 4 members (excludes halogenated alkanes) is 3. The number of rotatable bonds is 10. The van der Waals surface area contributed by atoms with E-state index in [2.05, 4.69) is 21.7 Å². The zero-order chi connectivity index (χ0) is 19.7. The summed E-state index contributed by atoms with van der Waals surface area (Å²) in [5.74, 6) is 0. The summed E-state index contributed by atoms with van der Waals surface area (Å²) in [5, 5.41) is 4.80. The van der Waals surface area contributed by atoms with Crippen LogP contribution in [-0.4, -0.2) is 28.2 Å². The second kappa shape index (κ2) is 10.2. The summed E-state index contributed by atoms with van der Waals surface area (Å²) in [7, 11) is -2.73. The molecule has 0 aliphatic heterocycles. The third kappa shape index (κ3) is 6.44. The Morgan fingerprint density at radius 1 is 1.07 bits per heavy atom. The monoisotopic (exact) mass is 412 g/mol. The summed E-state index contributed by atoms with van der Waals surface area (Å²) in [5.41, 5.74) is 1.35. The number of ether oxygens (including phenoxy) is 2. The van der Waals surface area contributed by atoms with Crippen LogP contribution in [-0.2, 0) is 14.8 Å². The summed E-state index contributed by atoms with van der Waals surface area (Å²) >= 11 is 0.995. The van der Waals surface area contributed by atoms with Crippen LogP contribution in [0, 0.1) is 0 Å². The maximum Gasteiger partial charge on any atom is 0.514 e. The predicted molar refractivity (Wildman–Crippen MR) is 107 cm³/mol. The fourth-order valence-corrected chi connectivity index (χ4v) is 4.58. The zero-order valence-corrected chi connectivity index (χ0v) is 17.0. The van der Waals surface area contributed by atoms with Crippen LogP contribution in [0.5, 0.6) is 5.06 Å². The molecule has 0 saturated carbocycles. The molecule has 9 heteroatoms. The van der Waals surface area contributed by atoms with Gasteiger partial charge in [0.25, 0.3) is 10.0 Å². The number of carbonyl (C=O) groups excluding carboxylic acids is 1. The van der Waals surface area contributed by atoms with Crippen molar-refractivity contribution in [3.8, 4) is 5.06 Å². The van der Waals surface area contributed by atoms with E-state index in [1.54, 1.807) is 12.1 Å². The fourth-order valence-electron chi connectivity index (χ4n) is 2.33. The van der Waals surface area contributed by atoms with Gasteiger partial charge in [0.05, 0.1) is 7.11 Å². The van der Waals surface area contributed by atoms with E-state index >= 15 is 0 Å². The summed E-state index contributed by atoms with van der Waals surface area (Å²) in [6.07, 6.45) is 3.75. The minimum atomic E-state index is -3.89. The van der Waals surface area contributed by atoms with Crippen LogP contribution in [0.1, 0.15) is 32.6 Å². The number of nitrogens with one attached hydrogen (secondary N) is 2. The van der Waals surface area contributed by atoms with Crippen molar-refractivity contribution in [2.45, 2.75) is 37.5 Å². The molecule has 0 aliphatic rings. The lowest BCUT2D eigenvalue weighted by Crippen LogP contribution is -2.15. The average molecular weight is 413 g/mol. The topological polar surface area (TPSA) is 93.7 Å². The Balaban J connectivity index is 1.98. The van der Waals surface area contributed by atoms with Crippen molar-refractivity contribution in [2.24, 2.45) is 0 Å². The van der Waals surface area contributed by atoms with Gasteiger partial charge in [0.1, 0.15) is 4.90 Å². The van der Waals surface area contributed by atoms with Gasteiger partial charge in [-0.15, -0.1) is 11.3 Å². The molecule has 1 heterocycles. The van der Waals surface area contributed by atoms with Gasteiger partial charge in [0.15, 0.2) is 0 Å². The van der Waals surface area contributed by atoms with E-state index in [1.165, 1.54) is 30.7 Å². The highest BCUT2D eigenvalue weighted by Crippen LogP contribution is 2.32. The van der Waals surface area contributed by atoms with Crippen LogP contribution < -0.4 is 14.8 Å². The van der Waals surface area contributed by atoms with Crippen LogP contribution in [0.3, 0.4) is 0 Å². The maximum atomic E-state index is 12.6. The Morgan fingerprint density at radius 3 is 2.44 bits per heavy atom. The van der Waals surface area contributed by atoms with Crippen molar-refractivity contribution < 1.29 is 22.7 Å². The van der Waals surface area contributed by atoms with Crippen molar-refractivity contribution in [1.29, 1.82) is 0 Å². The van der Waals surface area contributed by atoms with E-state index in [9.17, 15) is 13.2 Å². The van der Waals surface area contributed by atoms with E-state index < -0.39 is 16.2 Å². The van der Waals surface area contributed by atoms with E-state index in [1.807, 2.05) is 12.1 Å². The standard InChI is InChI=1S/C18H24N2O5S2/c1-3-4-5-6-12-19-14-7-9-15(10-8-14)20-27(22,23)16-11-13-26-17(16)25-18(21)24-2/h7-11,13,19-20H,3-6,12H2,1-2H3. The number of thiophene rings is 1. The molecule has 0 bridgehead atoms. The van der Waals surface area contributed by atoms with Crippen LogP contribution in [0.2, 0.25) is 0 Å². The molecular formula is C18H24N2O5S2. The Hall–Kier alpha value is -2.26. The second-order valence-corrected chi connectivity index (χ2v) is 8.33. The molecule has 2 N–H and O–H groups in total. The molecule has 2 aromatic rings. The van der Waals surface area contributed by atoms with Gasteiger partial charge in [0.2, 0.25) is 5.06 Å². The summed E-state index contributed by atoms with van der Waals surface area (Å²) in [4.78, 5) is 11.1. The summed E-state index contributed by atoms with van der Waals surface area (Å²) in [6.45, 7) is 3.06. The molecule has 2 rings (SSSR count). The number of methoxy groups -OCH3 is 1. The number of hydrogen-bond donors (Lipinski definition) is 2. The van der Waals surface area contributed by atoms with Crippen molar-refractivity contribution >= 4 is 38.9 Å². The van der Waals surface area contributed by atoms with Gasteiger partial charge in [-0.05, 0) is 42.1 Å². The number of hydrogen-bond acceptors (Lipinski definition) is 7. The molecule has 0 fully saturated rings. The van der Waals surface area contributed by atoms with E-state index in [0.717, 1.165) is 37.1 Å². The highest BCUT2D eigenvalue weighted by Gasteiger charge is 2.23. The molecule has 0 amide bonds. The van der Waals surface area contributed by atoms with E-state index in [-0.39, 0.29) is 9.96 Å². The van der Waals surface area contributed by atoms with Gasteiger partial charge in [0, 0.05) is 17.9 Å². The Bertz CT molecular complexity index is 832. The predicted octanol–water partition coefficient (Wildman–Crippen LogP) is 4.69. The van der Waals surface area contributed by atoms with Gasteiger partial charge in [-0.25, -0.2) is 13.2 Å². The number of anilines is 2. The first kappa shape index (κ1) is 21.0. The Morgan fingerprint density at radius 2 is 1.78 bits per heavy atom. The third-order valence-electron chi connectivity index (χ3n) is 3.72. The number of sulfonamides is 1.